The molecule has 1 aliphatic heterocycles. The molecule has 1 aliphatic rings. The summed E-state index contributed by atoms with van der Waals surface area (Å²) in [7, 11) is 0. The molecule has 0 aromatic heterocycles. The number of benzene rings is 1. The first-order chi connectivity index (χ1) is 11.9. The predicted octanol–water partition coefficient (Wildman–Crippen LogP) is 1.11. The zero-order valence-corrected chi connectivity index (χ0v) is 14.1. The summed E-state index contributed by atoms with van der Waals surface area (Å²) in [5, 5.41) is 7.14. The SMILES string of the molecule is CCc1ccc(NC(=O)[C@@H](C)OC(=O)CC[C@H]2NC(=O)NC2=O)cc1. The maximum Gasteiger partial charge on any atom is 0.322 e. The smallest absolute Gasteiger partial charge is 0.322 e. The first-order valence-corrected chi connectivity index (χ1v) is 8.09. The van der Waals surface area contributed by atoms with Crippen molar-refractivity contribution in [2.24, 2.45) is 0 Å². The van der Waals surface area contributed by atoms with Crippen LogP contribution in [0.5, 0.6) is 0 Å². The Kier molecular flexibility index (Phi) is 6.10. The summed E-state index contributed by atoms with van der Waals surface area (Å²) < 4.78 is 5.06. The Balaban J connectivity index is 1.76. The van der Waals surface area contributed by atoms with Crippen LogP contribution < -0.4 is 16.0 Å². The fraction of sp³-hybridized carbons (Fsp3) is 0.412. The van der Waals surface area contributed by atoms with Gasteiger partial charge >= 0.3 is 12.0 Å². The molecule has 8 heteroatoms. The van der Waals surface area contributed by atoms with Gasteiger partial charge in [0.05, 0.1) is 0 Å². The highest BCUT2D eigenvalue weighted by molar-refractivity contribution is 6.04. The van der Waals surface area contributed by atoms with Crippen LogP contribution in [0.25, 0.3) is 0 Å². The number of ether oxygens (including phenoxy) is 1. The summed E-state index contributed by atoms with van der Waals surface area (Å²) in [5.41, 5.74) is 1.77. The molecule has 0 radical (unpaired) electrons. The van der Waals surface area contributed by atoms with Crippen LogP contribution >= 0.6 is 0 Å². The lowest BCUT2D eigenvalue weighted by atomic mass is 10.1. The maximum atomic E-state index is 12.0. The third-order valence-corrected chi connectivity index (χ3v) is 3.80. The summed E-state index contributed by atoms with van der Waals surface area (Å²) in [6.07, 6.45) is -0.0306. The molecule has 1 heterocycles. The topological polar surface area (TPSA) is 114 Å². The van der Waals surface area contributed by atoms with Crippen LogP contribution in [0.3, 0.4) is 0 Å². The average molecular weight is 347 g/mol. The van der Waals surface area contributed by atoms with E-state index in [1.165, 1.54) is 6.92 Å². The molecule has 0 saturated carbocycles. The Morgan fingerprint density at radius 3 is 2.48 bits per heavy atom. The highest BCUT2D eigenvalue weighted by Gasteiger charge is 2.30. The Labute approximate surface area is 145 Å². The van der Waals surface area contributed by atoms with E-state index in [-0.39, 0.29) is 12.8 Å². The minimum Gasteiger partial charge on any atom is -0.453 e. The van der Waals surface area contributed by atoms with Crippen molar-refractivity contribution < 1.29 is 23.9 Å². The standard InChI is InChI=1S/C17H21N3O5/c1-3-11-4-6-12(7-5-11)18-15(22)10(2)25-14(21)9-8-13-16(23)20-17(24)19-13/h4-7,10,13H,3,8-9H2,1-2H3,(H,18,22)(H2,19,20,23,24)/t10-,13-/m1/s1. The van der Waals surface area contributed by atoms with Crippen LogP contribution in [-0.4, -0.2) is 36.0 Å². The number of anilines is 1. The first-order valence-electron chi connectivity index (χ1n) is 8.09. The lowest BCUT2D eigenvalue weighted by molar-refractivity contribution is -0.153. The van der Waals surface area contributed by atoms with E-state index in [0.717, 1.165) is 12.0 Å². The van der Waals surface area contributed by atoms with Crippen molar-refractivity contribution in [1.82, 2.24) is 10.6 Å². The van der Waals surface area contributed by atoms with Crippen LogP contribution in [0, 0.1) is 0 Å². The number of esters is 1. The van der Waals surface area contributed by atoms with Gasteiger partial charge in [0.15, 0.2) is 6.10 Å². The monoisotopic (exact) mass is 347 g/mol. The van der Waals surface area contributed by atoms with Crippen LogP contribution in [0.4, 0.5) is 10.5 Å². The number of nitrogens with one attached hydrogen (secondary N) is 3. The third kappa shape index (κ3) is 5.30. The summed E-state index contributed by atoms with van der Waals surface area (Å²) in [6, 6.07) is 6.06. The normalized spacial score (nSPS) is 17.4. The van der Waals surface area contributed by atoms with Gasteiger partial charge in [-0.3, -0.25) is 19.7 Å². The van der Waals surface area contributed by atoms with E-state index in [1.807, 2.05) is 19.1 Å². The summed E-state index contributed by atoms with van der Waals surface area (Å²) in [6.45, 7) is 3.51. The molecule has 2 atom stereocenters. The minimum absolute atomic E-state index is 0.0822. The molecule has 0 unspecified atom stereocenters. The van der Waals surface area contributed by atoms with Gasteiger partial charge in [0.2, 0.25) is 0 Å². The summed E-state index contributed by atoms with van der Waals surface area (Å²) in [5.74, 6) is -1.53. The summed E-state index contributed by atoms with van der Waals surface area (Å²) in [4.78, 5) is 46.2. The molecule has 25 heavy (non-hydrogen) atoms. The van der Waals surface area contributed by atoms with Gasteiger partial charge in [0.1, 0.15) is 6.04 Å². The first kappa shape index (κ1) is 18.4. The van der Waals surface area contributed by atoms with Crippen molar-refractivity contribution >= 4 is 29.5 Å². The van der Waals surface area contributed by atoms with Crippen LogP contribution in [-0.2, 0) is 25.5 Å². The summed E-state index contributed by atoms with van der Waals surface area (Å²) >= 11 is 0. The van der Waals surface area contributed by atoms with Gasteiger partial charge in [0, 0.05) is 12.1 Å². The number of imide groups is 1. The number of rotatable bonds is 7. The number of hydrogen-bond donors (Lipinski definition) is 3. The Morgan fingerprint density at radius 1 is 1.24 bits per heavy atom. The quantitative estimate of drug-likeness (QED) is 0.505. The Morgan fingerprint density at radius 2 is 1.92 bits per heavy atom. The Hall–Kier alpha value is -2.90. The van der Waals surface area contributed by atoms with E-state index in [2.05, 4.69) is 16.0 Å². The Bertz CT molecular complexity index is 671. The van der Waals surface area contributed by atoms with Gasteiger partial charge in [-0.25, -0.2) is 4.79 Å². The molecule has 0 spiro atoms. The predicted molar refractivity (Wildman–Crippen MR) is 89.7 cm³/mol. The van der Waals surface area contributed by atoms with Gasteiger partial charge in [-0.2, -0.15) is 0 Å². The van der Waals surface area contributed by atoms with Crippen molar-refractivity contribution in [3.8, 4) is 0 Å². The van der Waals surface area contributed by atoms with E-state index in [0.29, 0.717) is 5.69 Å². The largest absolute Gasteiger partial charge is 0.453 e. The van der Waals surface area contributed by atoms with Crippen molar-refractivity contribution in [1.29, 1.82) is 0 Å². The number of amides is 4. The van der Waals surface area contributed by atoms with E-state index in [1.54, 1.807) is 12.1 Å². The van der Waals surface area contributed by atoms with Gasteiger partial charge in [0.25, 0.3) is 11.8 Å². The zero-order chi connectivity index (χ0) is 18.4. The second kappa shape index (κ2) is 8.27. The van der Waals surface area contributed by atoms with Crippen molar-refractivity contribution in [3.05, 3.63) is 29.8 Å². The number of carbonyl (C=O) groups excluding carboxylic acids is 4. The molecule has 1 fully saturated rings. The van der Waals surface area contributed by atoms with Crippen molar-refractivity contribution in [2.75, 3.05) is 5.32 Å². The number of hydrogen-bond acceptors (Lipinski definition) is 5. The highest BCUT2D eigenvalue weighted by Crippen LogP contribution is 2.11. The molecule has 1 saturated heterocycles. The molecule has 0 bridgehead atoms. The molecule has 8 nitrogen and oxygen atoms in total. The molecule has 4 amide bonds. The lowest BCUT2D eigenvalue weighted by Crippen LogP contribution is -2.32. The van der Waals surface area contributed by atoms with Crippen molar-refractivity contribution in [2.45, 2.75) is 45.3 Å². The molecular formula is C17H21N3O5. The van der Waals surface area contributed by atoms with Gasteiger partial charge < -0.3 is 15.4 Å². The fourth-order valence-corrected chi connectivity index (χ4v) is 2.30. The highest BCUT2D eigenvalue weighted by atomic mass is 16.5. The maximum absolute atomic E-state index is 12.0. The third-order valence-electron chi connectivity index (χ3n) is 3.80. The number of aryl methyl sites for hydroxylation is 1. The van der Waals surface area contributed by atoms with E-state index >= 15 is 0 Å². The fourth-order valence-electron chi connectivity index (χ4n) is 2.30. The number of carbonyl (C=O) groups is 4. The van der Waals surface area contributed by atoms with Gasteiger partial charge in [-0.15, -0.1) is 0 Å². The molecule has 1 aromatic carbocycles. The van der Waals surface area contributed by atoms with Crippen LogP contribution in [0.2, 0.25) is 0 Å². The molecule has 2 rings (SSSR count). The molecule has 0 aliphatic carbocycles. The van der Waals surface area contributed by atoms with Crippen molar-refractivity contribution in [3.63, 3.8) is 0 Å². The molecule has 3 N–H and O–H groups in total. The van der Waals surface area contributed by atoms with Crippen LogP contribution in [0.1, 0.15) is 32.3 Å². The van der Waals surface area contributed by atoms with Gasteiger partial charge in [-0.1, -0.05) is 19.1 Å². The second-order valence-electron chi connectivity index (χ2n) is 5.73. The lowest BCUT2D eigenvalue weighted by Gasteiger charge is -2.14. The minimum atomic E-state index is -0.967. The van der Waals surface area contributed by atoms with Gasteiger partial charge in [-0.05, 0) is 37.5 Å². The van der Waals surface area contributed by atoms with E-state index in [4.69, 9.17) is 4.74 Å². The van der Waals surface area contributed by atoms with Crippen LogP contribution in [0.15, 0.2) is 24.3 Å². The van der Waals surface area contributed by atoms with E-state index < -0.39 is 36.0 Å². The second-order valence-corrected chi connectivity index (χ2v) is 5.73. The molecular weight excluding hydrogens is 326 g/mol. The average Bonchev–Trinajstić information content (AvgIpc) is 2.91. The van der Waals surface area contributed by atoms with E-state index in [9.17, 15) is 19.2 Å². The zero-order valence-electron chi connectivity index (χ0n) is 14.1. The molecule has 134 valence electrons. The number of urea groups is 1. The molecule has 1 aromatic rings.